The first-order chi connectivity index (χ1) is 14.6. The number of benzene rings is 2. The molecule has 1 atom stereocenters. The van der Waals surface area contributed by atoms with Gasteiger partial charge < -0.3 is 9.64 Å². The zero-order valence-electron chi connectivity index (χ0n) is 17.0. The van der Waals surface area contributed by atoms with E-state index in [9.17, 15) is 9.59 Å². The molecule has 0 fully saturated rings. The minimum atomic E-state index is -0.542. The number of carbonyl (C=O) groups is 2. The van der Waals surface area contributed by atoms with Gasteiger partial charge in [0.1, 0.15) is 0 Å². The van der Waals surface area contributed by atoms with E-state index >= 15 is 0 Å². The third-order valence-corrected chi connectivity index (χ3v) is 5.82. The van der Waals surface area contributed by atoms with Gasteiger partial charge in [-0.15, -0.1) is 0 Å². The fourth-order valence-electron chi connectivity index (χ4n) is 3.97. The van der Waals surface area contributed by atoms with Crippen molar-refractivity contribution in [3.8, 4) is 0 Å². The summed E-state index contributed by atoms with van der Waals surface area (Å²) in [6.45, 7) is 3.38. The largest absolute Gasteiger partial charge is 0.383 e. The Balaban J connectivity index is 1.91. The Morgan fingerprint density at radius 2 is 1.93 bits per heavy atom. The predicted octanol–water partition coefficient (Wildman–Crippen LogP) is 4.61. The van der Waals surface area contributed by atoms with Crippen LogP contribution in [0.3, 0.4) is 0 Å². The van der Waals surface area contributed by atoms with Crippen molar-refractivity contribution in [1.82, 2.24) is 9.47 Å². The smallest absolute Gasteiger partial charge is 0.255 e. The van der Waals surface area contributed by atoms with Crippen LogP contribution in [0, 0.1) is 0 Å². The Kier molecular flexibility index (Phi) is 5.75. The summed E-state index contributed by atoms with van der Waals surface area (Å²) in [5.41, 5.74) is 1.90. The number of hydrogen-bond acceptors (Lipinski definition) is 3. The number of nitrogens with zero attached hydrogens (tertiary/aromatic N) is 2. The van der Waals surface area contributed by atoms with Crippen LogP contribution in [-0.2, 0) is 9.53 Å². The molecule has 3 aromatic rings. The Labute approximate surface area is 180 Å². The van der Waals surface area contributed by atoms with Crippen LogP contribution in [0.25, 0.3) is 16.3 Å². The van der Waals surface area contributed by atoms with E-state index < -0.39 is 5.92 Å². The Bertz CT molecular complexity index is 1130. The van der Waals surface area contributed by atoms with E-state index in [0.29, 0.717) is 36.0 Å². The molecule has 0 N–H and O–H groups in total. The summed E-state index contributed by atoms with van der Waals surface area (Å²) in [6.07, 6.45) is 3.56. The lowest BCUT2D eigenvalue weighted by atomic mass is 9.90. The van der Waals surface area contributed by atoms with Crippen LogP contribution in [0.5, 0.6) is 0 Å². The molecule has 0 saturated carbocycles. The summed E-state index contributed by atoms with van der Waals surface area (Å²) in [5, 5.41) is 2.07. The fraction of sp³-hybridized carbons (Fsp3) is 0.250. The average Bonchev–Trinajstić information content (AvgIpc) is 3.16. The van der Waals surface area contributed by atoms with Gasteiger partial charge in [0.2, 0.25) is 5.91 Å². The number of amides is 1. The monoisotopic (exact) mass is 422 g/mol. The molecule has 0 spiro atoms. The molecule has 2 heterocycles. The third-order valence-electron chi connectivity index (χ3n) is 5.51. The van der Waals surface area contributed by atoms with Gasteiger partial charge in [-0.1, -0.05) is 60.1 Å². The van der Waals surface area contributed by atoms with Gasteiger partial charge in [-0.05, 0) is 18.6 Å². The number of carbonyl (C=O) groups excluding carboxylic acids is 2. The molecule has 2 aromatic carbocycles. The normalized spacial score (nSPS) is 15.8. The van der Waals surface area contributed by atoms with Crippen LogP contribution in [0.15, 0.2) is 60.8 Å². The average molecular weight is 423 g/mol. The first-order valence-electron chi connectivity index (χ1n) is 9.96. The molecule has 0 aliphatic carbocycles. The highest BCUT2D eigenvalue weighted by Crippen LogP contribution is 2.39. The fourth-order valence-corrected chi connectivity index (χ4v) is 4.25. The van der Waals surface area contributed by atoms with E-state index in [4.69, 9.17) is 16.3 Å². The van der Waals surface area contributed by atoms with Gasteiger partial charge in [0.15, 0.2) is 0 Å². The van der Waals surface area contributed by atoms with E-state index in [1.807, 2.05) is 49.4 Å². The molecule has 1 aliphatic heterocycles. The molecule has 1 amide bonds. The molecule has 4 rings (SSSR count). The minimum Gasteiger partial charge on any atom is -0.383 e. The molecule has 6 heteroatoms. The summed E-state index contributed by atoms with van der Waals surface area (Å²) >= 11 is 6.51. The summed E-state index contributed by atoms with van der Waals surface area (Å²) in [6, 6.07) is 15.0. The van der Waals surface area contributed by atoms with Crippen LogP contribution in [0.1, 0.15) is 28.9 Å². The van der Waals surface area contributed by atoms with Gasteiger partial charge in [-0.2, -0.15) is 0 Å². The first-order valence-corrected chi connectivity index (χ1v) is 10.3. The highest BCUT2D eigenvalue weighted by molar-refractivity contribution is 6.38. The summed E-state index contributed by atoms with van der Waals surface area (Å²) in [5.74, 6) is -0.775. The molecule has 0 saturated heterocycles. The summed E-state index contributed by atoms with van der Waals surface area (Å²) in [7, 11) is 1.61. The molecule has 0 radical (unpaired) electrons. The Hall–Kier alpha value is -2.89. The molecular weight excluding hydrogens is 400 g/mol. The van der Waals surface area contributed by atoms with Gasteiger partial charge in [0.05, 0.1) is 28.8 Å². The Morgan fingerprint density at radius 3 is 2.63 bits per heavy atom. The standard InChI is InChI=1S/C24H23ClN2O3/c1-3-26(12-13-30-2)23(28)19-14-18(16-8-5-4-6-9-16)24(29)27-15-17-10-7-11-20(25)21(17)22(19)27/h4-11,14-15,18H,3,12-13H2,1-2H3. The van der Waals surface area contributed by atoms with Crippen LogP contribution in [-0.4, -0.2) is 48.1 Å². The molecule has 1 aliphatic rings. The van der Waals surface area contributed by atoms with Gasteiger partial charge in [0, 0.05) is 37.2 Å². The maximum Gasteiger partial charge on any atom is 0.255 e. The van der Waals surface area contributed by atoms with Gasteiger partial charge in [-0.25, -0.2) is 0 Å². The number of hydrogen-bond donors (Lipinski definition) is 0. The van der Waals surface area contributed by atoms with Crippen molar-refractivity contribution >= 4 is 39.8 Å². The second-order valence-electron chi connectivity index (χ2n) is 7.24. The first kappa shape index (κ1) is 20.4. The SMILES string of the molecule is CCN(CCOC)C(=O)C1=CC(c2ccccc2)C(=O)n2cc3cccc(Cl)c3c21. The zero-order valence-corrected chi connectivity index (χ0v) is 17.7. The van der Waals surface area contributed by atoms with E-state index in [-0.39, 0.29) is 11.8 Å². The van der Waals surface area contributed by atoms with Gasteiger partial charge in [-0.3, -0.25) is 14.2 Å². The maximum absolute atomic E-state index is 13.6. The van der Waals surface area contributed by atoms with Crippen molar-refractivity contribution in [3.05, 3.63) is 77.1 Å². The van der Waals surface area contributed by atoms with E-state index in [2.05, 4.69) is 0 Å². The van der Waals surface area contributed by atoms with Crippen LogP contribution < -0.4 is 0 Å². The zero-order chi connectivity index (χ0) is 21.3. The number of rotatable bonds is 6. The number of methoxy groups -OCH3 is 1. The third kappa shape index (κ3) is 3.44. The second kappa shape index (κ2) is 8.46. The molecule has 154 valence electrons. The highest BCUT2D eigenvalue weighted by atomic mass is 35.5. The van der Waals surface area contributed by atoms with Crippen molar-refractivity contribution in [2.24, 2.45) is 0 Å². The lowest BCUT2D eigenvalue weighted by Crippen LogP contribution is -2.36. The highest BCUT2D eigenvalue weighted by Gasteiger charge is 2.34. The number of likely N-dealkylation sites (N-methyl/N-ethyl adjacent to an activating group) is 1. The minimum absolute atomic E-state index is 0.0973. The number of fused-ring (bicyclic) bond motifs is 3. The molecular formula is C24H23ClN2O3. The van der Waals surface area contributed by atoms with E-state index in [1.165, 1.54) is 0 Å². The van der Waals surface area contributed by atoms with Crippen molar-refractivity contribution in [2.45, 2.75) is 12.8 Å². The van der Waals surface area contributed by atoms with Gasteiger partial charge in [0.25, 0.3) is 5.91 Å². The van der Waals surface area contributed by atoms with Crippen molar-refractivity contribution < 1.29 is 14.3 Å². The molecule has 30 heavy (non-hydrogen) atoms. The van der Waals surface area contributed by atoms with Crippen molar-refractivity contribution in [1.29, 1.82) is 0 Å². The predicted molar refractivity (Wildman–Crippen MR) is 119 cm³/mol. The van der Waals surface area contributed by atoms with Crippen LogP contribution in [0.2, 0.25) is 5.02 Å². The van der Waals surface area contributed by atoms with E-state index in [0.717, 1.165) is 16.3 Å². The molecule has 5 nitrogen and oxygen atoms in total. The van der Waals surface area contributed by atoms with Crippen LogP contribution >= 0.6 is 11.6 Å². The van der Waals surface area contributed by atoms with Gasteiger partial charge >= 0.3 is 0 Å². The van der Waals surface area contributed by atoms with Crippen molar-refractivity contribution in [3.63, 3.8) is 0 Å². The lowest BCUT2D eigenvalue weighted by Gasteiger charge is -2.27. The van der Waals surface area contributed by atoms with Crippen LogP contribution in [0.4, 0.5) is 0 Å². The molecule has 0 bridgehead atoms. The number of halogens is 1. The number of ether oxygens (including phenoxy) is 1. The number of allylic oxidation sites excluding steroid dienone is 1. The topological polar surface area (TPSA) is 51.5 Å². The molecule has 1 unspecified atom stereocenters. The summed E-state index contributed by atoms with van der Waals surface area (Å²) in [4.78, 5) is 28.7. The summed E-state index contributed by atoms with van der Waals surface area (Å²) < 4.78 is 6.76. The number of aromatic nitrogens is 1. The quantitative estimate of drug-likeness (QED) is 0.582. The molecule has 1 aromatic heterocycles. The maximum atomic E-state index is 13.6. The second-order valence-corrected chi connectivity index (χ2v) is 7.64. The lowest BCUT2D eigenvalue weighted by molar-refractivity contribution is -0.125. The van der Waals surface area contributed by atoms with E-state index in [1.54, 1.807) is 34.9 Å². The van der Waals surface area contributed by atoms with Crippen molar-refractivity contribution in [2.75, 3.05) is 26.8 Å². The Morgan fingerprint density at radius 1 is 1.17 bits per heavy atom.